The van der Waals surface area contributed by atoms with Gasteiger partial charge in [0.05, 0.1) is 19.3 Å². The van der Waals surface area contributed by atoms with Crippen LogP contribution >= 0.6 is 0 Å². The van der Waals surface area contributed by atoms with Gasteiger partial charge in [0.15, 0.2) is 6.10 Å². The molecule has 1 aromatic rings. The zero-order chi connectivity index (χ0) is 14.7. The Morgan fingerprint density at radius 1 is 1.55 bits per heavy atom. The number of ether oxygens (including phenoxy) is 2. The van der Waals surface area contributed by atoms with Gasteiger partial charge in [-0.25, -0.2) is 9.78 Å². The van der Waals surface area contributed by atoms with Crippen molar-refractivity contribution in [3.8, 4) is 5.88 Å². The van der Waals surface area contributed by atoms with Crippen LogP contribution in [-0.4, -0.2) is 52.9 Å². The molecular weight excluding hydrogens is 262 g/mol. The molecule has 110 valence electrons. The molecule has 0 aliphatic carbocycles. The van der Waals surface area contributed by atoms with Crippen LogP contribution in [0.3, 0.4) is 0 Å². The van der Waals surface area contributed by atoms with E-state index in [0.717, 1.165) is 5.69 Å². The molecule has 7 nitrogen and oxygen atoms in total. The van der Waals surface area contributed by atoms with Gasteiger partial charge in [-0.15, -0.1) is 0 Å². The lowest BCUT2D eigenvalue weighted by Crippen LogP contribution is -2.46. The second-order valence-electron chi connectivity index (χ2n) is 4.96. The van der Waals surface area contributed by atoms with Gasteiger partial charge in [-0.1, -0.05) is 0 Å². The molecule has 1 atom stereocenters. The largest absolute Gasteiger partial charge is 0.479 e. The molecule has 0 bridgehead atoms. The number of aryl methyl sites for hydroxylation is 1. The van der Waals surface area contributed by atoms with E-state index in [4.69, 9.17) is 14.6 Å². The number of carbonyl (C=O) groups is 1. The Kier molecular flexibility index (Phi) is 4.39. The van der Waals surface area contributed by atoms with Crippen LogP contribution < -0.4 is 9.64 Å². The van der Waals surface area contributed by atoms with E-state index in [1.54, 1.807) is 6.07 Å². The van der Waals surface area contributed by atoms with Crippen LogP contribution in [0.25, 0.3) is 0 Å². The van der Waals surface area contributed by atoms with Crippen LogP contribution in [0.1, 0.15) is 19.5 Å². The summed E-state index contributed by atoms with van der Waals surface area (Å²) in [6.45, 7) is 6.84. The number of rotatable bonds is 4. The number of hydrogen-bond acceptors (Lipinski definition) is 6. The summed E-state index contributed by atoms with van der Waals surface area (Å²) in [5.41, 5.74) is 0.781. The molecule has 2 heterocycles. The number of carboxylic acid groups (broad SMARTS) is 1. The van der Waals surface area contributed by atoms with Gasteiger partial charge in [-0.05, 0) is 20.8 Å². The summed E-state index contributed by atoms with van der Waals surface area (Å²) < 4.78 is 10.8. The first-order valence-corrected chi connectivity index (χ1v) is 6.57. The molecule has 1 saturated heterocycles. The van der Waals surface area contributed by atoms with E-state index in [-0.39, 0.29) is 12.6 Å². The smallest absolute Gasteiger partial charge is 0.334 e. The first kappa shape index (κ1) is 14.5. The van der Waals surface area contributed by atoms with Gasteiger partial charge in [0.1, 0.15) is 0 Å². The van der Waals surface area contributed by atoms with E-state index in [2.05, 4.69) is 9.97 Å². The van der Waals surface area contributed by atoms with Crippen LogP contribution in [-0.2, 0) is 9.53 Å². The van der Waals surface area contributed by atoms with Gasteiger partial charge in [-0.3, -0.25) is 0 Å². The van der Waals surface area contributed by atoms with Crippen molar-refractivity contribution in [1.29, 1.82) is 0 Å². The molecule has 1 N–H and O–H groups in total. The van der Waals surface area contributed by atoms with Crippen molar-refractivity contribution < 1.29 is 19.4 Å². The third-order valence-corrected chi connectivity index (χ3v) is 2.80. The summed E-state index contributed by atoms with van der Waals surface area (Å²) in [5, 5.41) is 9.01. The van der Waals surface area contributed by atoms with E-state index < -0.39 is 12.1 Å². The molecule has 1 aliphatic rings. The lowest BCUT2D eigenvalue weighted by Gasteiger charge is -2.31. The van der Waals surface area contributed by atoms with E-state index in [1.807, 2.05) is 25.7 Å². The Hall–Kier alpha value is -1.89. The van der Waals surface area contributed by atoms with Crippen LogP contribution in [0.4, 0.5) is 5.95 Å². The molecule has 0 amide bonds. The molecule has 1 aromatic heterocycles. The average Bonchev–Trinajstić information content (AvgIpc) is 2.37. The number of aliphatic carboxylic acids is 1. The van der Waals surface area contributed by atoms with Crippen molar-refractivity contribution in [1.82, 2.24) is 9.97 Å². The summed E-state index contributed by atoms with van der Waals surface area (Å²) in [4.78, 5) is 21.5. The minimum Gasteiger partial charge on any atom is -0.479 e. The summed E-state index contributed by atoms with van der Waals surface area (Å²) >= 11 is 0. The molecule has 2 rings (SSSR count). The molecule has 1 fully saturated rings. The third kappa shape index (κ3) is 3.57. The van der Waals surface area contributed by atoms with Crippen LogP contribution in [0.2, 0.25) is 0 Å². The van der Waals surface area contributed by atoms with E-state index in [0.29, 0.717) is 25.0 Å². The normalized spacial score (nSPS) is 19.2. The summed E-state index contributed by atoms with van der Waals surface area (Å²) in [6, 6.07) is 1.76. The van der Waals surface area contributed by atoms with E-state index in [1.165, 1.54) is 0 Å². The Bertz CT molecular complexity index is 493. The fraction of sp³-hybridized carbons (Fsp3) is 0.615. The number of hydrogen-bond donors (Lipinski definition) is 1. The molecule has 20 heavy (non-hydrogen) atoms. The van der Waals surface area contributed by atoms with E-state index in [9.17, 15) is 4.79 Å². The van der Waals surface area contributed by atoms with Gasteiger partial charge < -0.3 is 19.5 Å². The molecule has 0 aromatic carbocycles. The highest BCUT2D eigenvalue weighted by Crippen LogP contribution is 2.19. The molecule has 0 radical (unpaired) electrons. The zero-order valence-corrected chi connectivity index (χ0v) is 11.9. The van der Waals surface area contributed by atoms with Crippen molar-refractivity contribution >= 4 is 11.9 Å². The molecule has 0 saturated carbocycles. The lowest BCUT2D eigenvalue weighted by atomic mass is 10.3. The molecule has 7 heteroatoms. The number of aromatic nitrogens is 2. The Labute approximate surface area is 117 Å². The van der Waals surface area contributed by atoms with Crippen LogP contribution in [0.5, 0.6) is 5.88 Å². The zero-order valence-electron chi connectivity index (χ0n) is 11.9. The van der Waals surface area contributed by atoms with Crippen molar-refractivity contribution in [3.63, 3.8) is 0 Å². The van der Waals surface area contributed by atoms with Crippen molar-refractivity contribution in [2.24, 2.45) is 0 Å². The monoisotopic (exact) mass is 281 g/mol. The first-order valence-electron chi connectivity index (χ1n) is 6.57. The van der Waals surface area contributed by atoms with Crippen molar-refractivity contribution in [3.05, 3.63) is 11.8 Å². The van der Waals surface area contributed by atoms with E-state index >= 15 is 0 Å². The average molecular weight is 281 g/mol. The topological polar surface area (TPSA) is 84.8 Å². The minimum atomic E-state index is -0.971. The van der Waals surface area contributed by atoms with Crippen molar-refractivity contribution in [2.75, 3.05) is 24.6 Å². The number of morpholine rings is 1. The number of anilines is 1. The second kappa shape index (κ2) is 6.04. The Morgan fingerprint density at radius 3 is 2.95 bits per heavy atom. The fourth-order valence-corrected chi connectivity index (χ4v) is 1.95. The fourth-order valence-electron chi connectivity index (χ4n) is 1.95. The van der Waals surface area contributed by atoms with Gasteiger partial charge in [0, 0.05) is 18.3 Å². The predicted octanol–water partition coefficient (Wildman–Crippen LogP) is 0.862. The van der Waals surface area contributed by atoms with Crippen LogP contribution in [0, 0.1) is 6.92 Å². The number of nitrogens with zero attached hydrogens (tertiary/aromatic N) is 3. The van der Waals surface area contributed by atoms with Crippen LogP contribution in [0.15, 0.2) is 6.07 Å². The van der Waals surface area contributed by atoms with Gasteiger partial charge in [0.2, 0.25) is 11.8 Å². The standard InChI is InChI=1S/C13H19N3O4/c1-8(2)20-11-6-9(3)14-13(15-11)16-4-5-19-10(7-16)12(17)18/h6,8,10H,4-5,7H2,1-3H3,(H,17,18). The molecule has 1 unspecified atom stereocenters. The maximum Gasteiger partial charge on any atom is 0.334 e. The first-order chi connectivity index (χ1) is 9.45. The summed E-state index contributed by atoms with van der Waals surface area (Å²) in [7, 11) is 0. The molecule has 0 spiro atoms. The number of carboxylic acids is 1. The SMILES string of the molecule is Cc1cc(OC(C)C)nc(N2CCOC(C(=O)O)C2)n1. The van der Waals surface area contributed by atoms with Gasteiger partial charge >= 0.3 is 5.97 Å². The molecule has 1 aliphatic heterocycles. The van der Waals surface area contributed by atoms with Crippen molar-refractivity contribution in [2.45, 2.75) is 33.0 Å². The summed E-state index contributed by atoms with van der Waals surface area (Å²) in [5.74, 6) is 0.0112. The summed E-state index contributed by atoms with van der Waals surface area (Å²) in [6.07, 6.45) is -0.823. The maximum absolute atomic E-state index is 11.0. The lowest BCUT2D eigenvalue weighted by molar-refractivity contribution is -0.150. The minimum absolute atomic E-state index is 0.0219. The predicted molar refractivity (Wildman–Crippen MR) is 72.1 cm³/mol. The Morgan fingerprint density at radius 2 is 2.30 bits per heavy atom. The quantitative estimate of drug-likeness (QED) is 0.876. The Balaban J connectivity index is 2.18. The van der Waals surface area contributed by atoms with Gasteiger partial charge in [0.25, 0.3) is 0 Å². The molecular formula is C13H19N3O4. The third-order valence-electron chi connectivity index (χ3n) is 2.80. The van der Waals surface area contributed by atoms with Gasteiger partial charge in [-0.2, -0.15) is 4.98 Å². The highest BCUT2D eigenvalue weighted by Gasteiger charge is 2.28. The second-order valence-corrected chi connectivity index (χ2v) is 4.96. The maximum atomic E-state index is 11.0. The highest BCUT2D eigenvalue weighted by atomic mass is 16.5. The highest BCUT2D eigenvalue weighted by molar-refractivity contribution is 5.73.